The van der Waals surface area contributed by atoms with E-state index in [0.29, 0.717) is 19.0 Å². The molecule has 8 aliphatic heterocycles. The van der Waals surface area contributed by atoms with Gasteiger partial charge in [-0.3, -0.25) is 42.7 Å². The van der Waals surface area contributed by atoms with Gasteiger partial charge >= 0.3 is 0 Å². The Kier molecular flexibility index (Phi) is 12.2. The van der Waals surface area contributed by atoms with Crippen molar-refractivity contribution in [3.8, 4) is 0 Å². The van der Waals surface area contributed by atoms with E-state index in [1.54, 1.807) is 11.0 Å². The summed E-state index contributed by atoms with van der Waals surface area (Å²) in [5, 5.41) is 9.77. The molecule has 0 saturated carbocycles. The van der Waals surface area contributed by atoms with Crippen molar-refractivity contribution in [1.29, 1.82) is 0 Å². The first-order valence-corrected chi connectivity index (χ1v) is 19.5. The number of Topliss-reactive ketones (excluding diaryl/α,β-unsaturated/α-hetero) is 1. The summed E-state index contributed by atoms with van der Waals surface area (Å²) >= 11 is 0. The van der Waals surface area contributed by atoms with Crippen LogP contribution in [0.3, 0.4) is 0 Å². The SMILES string of the molecule is CC12C=CC(=O)N1CCN(P)C2.CC12CCC(=O)N1CCN(P)C2.CC12CN(P)CCN1C(=O)CC2=O.CC12CN(P)CCN1C(=O)CC2O. The summed E-state index contributed by atoms with van der Waals surface area (Å²) in [6, 6.07) is 0. The highest BCUT2D eigenvalue weighted by Gasteiger charge is 2.52. The van der Waals surface area contributed by atoms with Crippen molar-refractivity contribution in [1.82, 2.24) is 38.3 Å². The second kappa shape index (κ2) is 15.3. The lowest BCUT2D eigenvalue weighted by molar-refractivity contribution is -0.134. The zero-order chi connectivity index (χ0) is 36.8. The molecule has 9 atom stereocenters. The van der Waals surface area contributed by atoms with Gasteiger partial charge in [0, 0.05) is 91.0 Å². The minimum atomic E-state index is -0.558. The van der Waals surface area contributed by atoms with Gasteiger partial charge in [0.2, 0.25) is 23.6 Å². The molecular formula is C32H56N8O6P4. The van der Waals surface area contributed by atoms with Crippen LogP contribution in [0.5, 0.6) is 0 Å². The molecule has 50 heavy (non-hydrogen) atoms. The molecule has 7 saturated heterocycles. The Hall–Kier alpha value is -1.19. The van der Waals surface area contributed by atoms with Gasteiger partial charge in [-0.05, 0) is 34.1 Å². The van der Waals surface area contributed by atoms with E-state index in [4.69, 9.17) is 0 Å². The standard InChI is InChI=1S/C8H15N2O2P.C8H13N2O2P.C8H15N2OP.C8H13N2OP/c2*1-8-5-9(13)2-3-10(8)7(12)4-6(8)11;2*1-8-3-2-7(11)10(8)5-4-9(12)6-8/h6,11H,2-5,13H2,1H3;2-5,13H2,1H3;2-6,12H2,1H3;2-3H,4-6,12H2,1H3. The van der Waals surface area contributed by atoms with Gasteiger partial charge in [-0.1, -0.05) is 43.6 Å². The van der Waals surface area contributed by atoms with Crippen molar-refractivity contribution >= 4 is 67.0 Å². The lowest BCUT2D eigenvalue weighted by Crippen LogP contribution is -2.60. The largest absolute Gasteiger partial charge is 0.390 e. The maximum atomic E-state index is 11.6. The lowest BCUT2D eigenvalue weighted by atomic mass is 9.94. The molecule has 18 heteroatoms. The highest BCUT2D eigenvalue weighted by atomic mass is 31.0. The van der Waals surface area contributed by atoms with Gasteiger partial charge in [0.25, 0.3) is 0 Å². The van der Waals surface area contributed by atoms with Crippen LogP contribution in [0.1, 0.15) is 53.4 Å². The van der Waals surface area contributed by atoms with E-state index in [-0.39, 0.29) is 53.0 Å². The van der Waals surface area contributed by atoms with Crippen LogP contribution in [0.2, 0.25) is 0 Å². The molecule has 280 valence electrons. The van der Waals surface area contributed by atoms with Crippen LogP contribution in [0.4, 0.5) is 0 Å². The van der Waals surface area contributed by atoms with E-state index in [2.05, 4.69) is 65.4 Å². The number of piperazine rings is 4. The maximum absolute atomic E-state index is 11.6. The van der Waals surface area contributed by atoms with Crippen LogP contribution in [-0.4, -0.2) is 180 Å². The fraction of sp³-hybridized carbons (Fsp3) is 0.781. The number of ketones is 1. The average molecular weight is 773 g/mol. The third kappa shape index (κ3) is 8.00. The molecule has 8 aliphatic rings. The number of aliphatic hydroxyl groups excluding tert-OH is 1. The number of hydrogen-bond donors (Lipinski definition) is 1. The highest BCUT2D eigenvalue weighted by molar-refractivity contribution is 7.13. The number of hydrogen-bond acceptors (Lipinski definition) is 10. The molecule has 8 heterocycles. The summed E-state index contributed by atoms with van der Waals surface area (Å²) in [5.41, 5.74) is -0.859. The van der Waals surface area contributed by atoms with E-state index in [1.165, 1.54) is 0 Å². The molecule has 1 N–H and O–H groups in total. The molecule has 4 amide bonds. The van der Waals surface area contributed by atoms with Crippen molar-refractivity contribution in [2.45, 2.75) is 81.6 Å². The monoisotopic (exact) mass is 772 g/mol. The van der Waals surface area contributed by atoms with Crippen LogP contribution in [0.25, 0.3) is 0 Å². The summed E-state index contributed by atoms with van der Waals surface area (Å²) in [4.78, 5) is 64.7. The van der Waals surface area contributed by atoms with Crippen molar-refractivity contribution in [3.05, 3.63) is 12.2 Å². The molecule has 8 rings (SSSR count). The predicted molar refractivity (Wildman–Crippen MR) is 204 cm³/mol. The second-order valence-corrected chi connectivity index (χ2v) is 18.6. The molecule has 0 aliphatic carbocycles. The Morgan fingerprint density at radius 3 is 1.84 bits per heavy atom. The van der Waals surface area contributed by atoms with Crippen LogP contribution in [0, 0.1) is 0 Å². The molecule has 0 radical (unpaired) electrons. The van der Waals surface area contributed by atoms with E-state index in [9.17, 15) is 29.1 Å². The summed E-state index contributed by atoms with van der Waals surface area (Å²) in [5.74, 6) is 0.648. The zero-order valence-electron chi connectivity index (χ0n) is 29.9. The van der Waals surface area contributed by atoms with Crippen molar-refractivity contribution in [2.24, 2.45) is 0 Å². The van der Waals surface area contributed by atoms with Crippen LogP contribution < -0.4 is 0 Å². The minimum absolute atomic E-state index is 0.00870. The number of aliphatic hydroxyl groups is 1. The van der Waals surface area contributed by atoms with E-state index in [1.807, 2.05) is 39.3 Å². The number of nitrogens with zero attached hydrogens (tertiary/aromatic N) is 8. The Morgan fingerprint density at radius 1 is 0.640 bits per heavy atom. The van der Waals surface area contributed by atoms with Crippen molar-refractivity contribution in [2.75, 3.05) is 78.5 Å². The molecule has 14 nitrogen and oxygen atoms in total. The molecule has 7 fully saturated rings. The number of carbonyl (C=O) groups is 5. The molecule has 9 unspecified atom stereocenters. The number of rotatable bonds is 0. The summed E-state index contributed by atoms with van der Waals surface area (Å²) in [6.07, 6.45) is 5.33. The average Bonchev–Trinajstić information content (AvgIpc) is 3.64. The normalized spacial score (nSPS) is 37.4. The molecule has 0 spiro atoms. The quantitative estimate of drug-likeness (QED) is 0.262. The fourth-order valence-corrected chi connectivity index (χ4v) is 10.5. The predicted octanol–water partition coefficient (Wildman–Crippen LogP) is -0.181. The first-order valence-electron chi connectivity index (χ1n) is 17.4. The molecule has 0 aromatic carbocycles. The van der Waals surface area contributed by atoms with E-state index < -0.39 is 11.6 Å². The number of carbonyl (C=O) groups excluding carboxylic acids is 5. The first-order chi connectivity index (χ1) is 23.3. The van der Waals surface area contributed by atoms with Gasteiger partial charge in [0.15, 0.2) is 5.78 Å². The van der Waals surface area contributed by atoms with Crippen LogP contribution in [-0.2, 0) is 24.0 Å². The number of amides is 4. The van der Waals surface area contributed by atoms with Gasteiger partial charge in [-0.2, -0.15) is 0 Å². The Bertz CT molecular complexity index is 1410. The first kappa shape index (κ1) is 40.0. The third-order valence-electron chi connectivity index (χ3n) is 11.7. The molecule has 0 aromatic rings. The van der Waals surface area contributed by atoms with Crippen LogP contribution in [0.15, 0.2) is 12.2 Å². The van der Waals surface area contributed by atoms with Gasteiger partial charge < -0.3 is 24.7 Å². The number of fused-ring (bicyclic) bond motifs is 4. The zero-order valence-corrected chi connectivity index (χ0v) is 34.5. The highest BCUT2D eigenvalue weighted by Crippen LogP contribution is 2.36. The van der Waals surface area contributed by atoms with Crippen molar-refractivity contribution < 1.29 is 29.1 Å². The van der Waals surface area contributed by atoms with Gasteiger partial charge in [-0.25, -0.2) is 0 Å². The van der Waals surface area contributed by atoms with Gasteiger partial charge in [-0.15, -0.1) is 0 Å². The topological polar surface area (TPSA) is 131 Å². The summed E-state index contributed by atoms with van der Waals surface area (Å²) in [6.45, 7) is 18.2. The Labute approximate surface area is 306 Å². The second-order valence-electron chi connectivity index (χ2n) is 15.6. The molecule has 0 bridgehead atoms. The van der Waals surface area contributed by atoms with Gasteiger partial charge in [0.05, 0.1) is 35.6 Å². The van der Waals surface area contributed by atoms with E-state index in [0.717, 1.165) is 78.3 Å². The fourth-order valence-electron chi connectivity index (χ4n) is 8.50. The van der Waals surface area contributed by atoms with Crippen molar-refractivity contribution in [3.63, 3.8) is 0 Å². The molecular weight excluding hydrogens is 716 g/mol. The summed E-state index contributed by atoms with van der Waals surface area (Å²) in [7, 11) is 10.6. The van der Waals surface area contributed by atoms with Crippen LogP contribution >= 0.6 is 37.6 Å². The summed E-state index contributed by atoms with van der Waals surface area (Å²) < 4.78 is 8.51. The maximum Gasteiger partial charge on any atom is 0.247 e. The van der Waals surface area contributed by atoms with E-state index >= 15 is 0 Å². The third-order valence-corrected chi connectivity index (χ3v) is 13.4. The Balaban J connectivity index is 0.000000130. The minimum Gasteiger partial charge on any atom is -0.390 e. The molecule has 0 aromatic heterocycles. The Morgan fingerprint density at radius 2 is 1.18 bits per heavy atom. The lowest BCUT2D eigenvalue weighted by Gasteiger charge is -2.44. The van der Waals surface area contributed by atoms with Gasteiger partial charge in [0.1, 0.15) is 5.54 Å². The smallest absolute Gasteiger partial charge is 0.247 e.